The molecule has 1 aromatic heterocycles. The lowest BCUT2D eigenvalue weighted by atomic mass is 10.0. The van der Waals surface area contributed by atoms with E-state index in [9.17, 15) is 4.79 Å². The summed E-state index contributed by atoms with van der Waals surface area (Å²) in [6, 6.07) is 8.21. The van der Waals surface area contributed by atoms with Crippen LogP contribution in [0.4, 0.5) is 6.01 Å². The third-order valence-corrected chi connectivity index (χ3v) is 3.23. The van der Waals surface area contributed by atoms with Crippen LogP contribution in [0, 0.1) is 12.8 Å². The Morgan fingerprint density at radius 1 is 1.37 bits per heavy atom. The molecule has 0 radical (unpaired) electrons. The number of aliphatic carboxylic acids is 1. The standard InChI is InChI=1S/C13H13N3O3/c1-8-2-4-9(5-3-8)11-14-13(19-15-11)16-6-10(7-16)12(17)18/h2-5,10H,6-7H2,1H3,(H,17,18). The molecule has 1 saturated heterocycles. The fraction of sp³-hybridized carbons (Fsp3) is 0.308. The SMILES string of the molecule is Cc1ccc(-c2noc(N3CC(C(=O)O)C3)n2)cc1. The van der Waals surface area contributed by atoms with Gasteiger partial charge in [0.15, 0.2) is 0 Å². The molecular formula is C13H13N3O3. The number of carboxylic acid groups (broad SMARTS) is 1. The number of rotatable bonds is 3. The Kier molecular flexibility index (Phi) is 2.70. The highest BCUT2D eigenvalue weighted by atomic mass is 16.5. The van der Waals surface area contributed by atoms with Crippen LogP contribution in [0.15, 0.2) is 28.8 Å². The number of carbonyl (C=O) groups is 1. The van der Waals surface area contributed by atoms with Gasteiger partial charge in [0.05, 0.1) is 5.92 Å². The number of aryl methyl sites for hydroxylation is 1. The van der Waals surface area contributed by atoms with Crippen molar-refractivity contribution in [2.75, 3.05) is 18.0 Å². The quantitative estimate of drug-likeness (QED) is 0.901. The summed E-state index contributed by atoms with van der Waals surface area (Å²) >= 11 is 0. The van der Waals surface area contributed by atoms with Crippen LogP contribution in [0.5, 0.6) is 0 Å². The number of hydrogen-bond acceptors (Lipinski definition) is 5. The van der Waals surface area contributed by atoms with Gasteiger partial charge in [-0.3, -0.25) is 4.79 Å². The second-order valence-corrected chi connectivity index (χ2v) is 4.71. The minimum Gasteiger partial charge on any atom is -0.481 e. The van der Waals surface area contributed by atoms with Gasteiger partial charge in [-0.1, -0.05) is 35.0 Å². The number of aromatic nitrogens is 2. The van der Waals surface area contributed by atoms with Crippen LogP contribution in [0.25, 0.3) is 11.4 Å². The summed E-state index contributed by atoms with van der Waals surface area (Å²) in [4.78, 5) is 16.8. The number of benzene rings is 1. The van der Waals surface area contributed by atoms with Crippen molar-refractivity contribution in [2.24, 2.45) is 5.92 Å². The van der Waals surface area contributed by atoms with Crippen LogP contribution in [0.1, 0.15) is 5.56 Å². The Hall–Kier alpha value is -2.37. The Labute approximate surface area is 109 Å². The Bertz CT molecular complexity index is 600. The van der Waals surface area contributed by atoms with Crippen molar-refractivity contribution in [1.29, 1.82) is 0 Å². The largest absolute Gasteiger partial charge is 0.481 e. The van der Waals surface area contributed by atoms with E-state index in [2.05, 4.69) is 10.1 Å². The molecule has 0 amide bonds. The van der Waals surface area contributed by atoms with Crippen LogP contribution >= 0.6 is 0 Å². The summed E-state index contributed by atoms with van der Waals surface area (Å²) in [6.45, 7) is 2.85. The van der Waals surface area contributed by atoms with E-state index in [1.54, 1.807) is 4.90 Å². The zero-order chi connectivity index (χ0) is 13.4. The van der Waals surface area contributed by atoms with E-state index in [0.29, 0.717) is 24.9 Å². The molecule has 0 atom stereocenters. The summed E-state index contributed by atoms with van der Waals surface area (Å²) in [7, 11) is 0. The van der Waals surface area contributed by atoms with Gasteiger partial charge in [0.2, 0.25) is 5.82 Å². The van der Waals surface area contributed by atoms with Crippen molar-refractivity contribution in [3.05, 3.63) is 29.8 Å². The maximum Gasteiger partial charge on any atom is 0.324 e. The molecule has 19 heavy (non-hydrogen) atoms. The van der Waals surface area contributed by atoms with Gasteiger partial charge in [0, 0.05) is 18.7 Å². The fourth-order valence-electron chi connectivity index (χ4n) is 1.95. The predicted octanol–water partition coefficient (Wildman–Crippen LogP) is 1.57. The molecule has 2 heterocycles. The van der Waals surface area contributed by atoms with Crippen LogP contribution in [-0.2, 0) is 4.79 Å². The van der Waals surface area contributed by atoms with Crippen molar-refractivity contribution in [3.8, 4) is 11.4 Å². The topological polar surface area (TPSA) is 79.5 Å². The van der Waals surface area contributed by atoms with Gasteiger partial charge >= 0.3 is 12.0 Å². The fourth-order valence-corrected chi connectivity index (χ4v) is 1.95. The minimum atomic E-state index is -0.783. The number of nitrogens with zero attached hydrogens (tertiary/aromatic N) is 3. The third-order valence-electron chi connectivity index (χ3n) is 3.23. The molecule has 0 saturated carbocycles. The number of anilines is 1. The van der Waals surface area contributed by atoms with E-state index in [4.69, 9.17) is 9.63 Å². The van der Waals surface area contributed by atoms with Crippen LogP contribution in [0.3, 0.4) is 0 Å². The zero-order valence-corrected chi connectivity index (χ0v) is 10.4. The Morgan fingerprint density at radius 3 is 2.68 bits per heavy atom. The van der Waals surface area contributed by atoms with E-state index in [-0.39, 0.29) is 5.92 Å². The summed E-state index contributed by atoms with van der Waals surface area (Å²) in [5.41, 5.74) is 2.05. The molecular weight excluding hydrogens is 246 g/mol. The first-order valence-electron chi connectivity index (χ1n) is 6.02. The molecule has 2 aromatic rings. The lowest BCUT2D eigenvalue weighted by Gasteiger charge is -2.34. The summed E-state index contributed by atoms with van der Waals surface area (Å²) < 4.78 is 5.15. The van der Waals surface area contributed by atoms with Crippen molar-refractivity contribution in [3.63, 3.8) is 0 Å². The molecule has 0 aliphatic carbocycles. The second-order valence-electron chi connectivity index (χ2n) is 4.71. The highest BCUT2D eigenvalue weighted by Crippen LogP contribution is 2.25. The molecule has 0 bridgehead atoms. The van der Waals surface area contributed by atoms with Crippen LogP contribution in [0.2, 0.25) is 0 Å². The van der Waals surface area contributed by atoms with Gasteiger partial charge in [-0.15, -0.1) is 0 Å². The normalized spacial score (nSPS) is 15.3. The molecule has 0 spiro atoms. The van der Waals surface area contributed by atoms with E-state index < -0.39 is 5.97 Å². The van der Waals surface area contributed by atoms with E-state index in [1.165, 1.54) is 5.56 Å². The van der Waals surface area contributed by atoms with E-state index >= 15 is 0 Å². The van der Waals surface area contributed by atoms with Gasteiger partial charge in [0.25, 0.3) is 0 Å². The lowest BCUT2D eigenvalue weighted by molar-refractivity contribution is -0.142. The number of carboxylic acids is 1. The highest BCUT2D eigenvalue weighted by molar-refractivity contribution is 5.73. The van der Waals surface area contributed by atoms with E-state index in [0.717, 1.165) is 5.56 Å². The first-order valence-corrected chi connectivity index (χ1v) is 6.02. The molecule has 98 valence electrons. The van der Waals surface area contributed by atoms with Crippen molar-refractivity contribution in [1.82, 2.24) is 10.1 Å². The Morgan fingerprint density at radius 2 is 2.05 bits per heavy atom. The maximum absolute atomic E-state index is 10.7. The lowest BCUT2D eigenvalue weighted by Crippen LogP contribution is -2.50. The number of hydrogen-bond donors (Lipinski definition) is 1. The molecule has 1 aliphatic rings. The second kappa shape index (κ2) is 4.38. The molecule has 0 unspecified atom stereocenters. The smallest absolute Gasteiger partial charge is 0.324 e. The molecule has 1 aliphatic heterocycles. The maximum atomic E-state index is 10.7. The Balaban J connectivity index is 1.74. The molecule has 1 aromatic carbocycles. The molecule has 3 rings (SSSR count). The van der Waals surface area contributed by atoms with Gasteiger partial charge in [0.1, 0.15) is 0 Å². The average molecular weight is 259 g/mol. The summed E-state index contributed by atoms with van der Waals surface area (Å²) in [5.74, 6) is -0.599. The highest BCUT2D eigenvalue weighted by Gasteiger charge is 2.35. The van der Waals surface area contributed by atoms with E-state index in [1.807, 2.05) is 31.2 Å². The predicted molar refractivity (Wildman–Crippen MR) is 67.8 cm³/mol. The first-order chi connectivity index (χ1) is 9.13. The molecule has 1 N–H and O–H groups in total. The van der Waals surface area contributed by atoms with Gasteiger partial charge < -0.3 is 14.5 Å². The van der Waals surface area contributed by atoms with Crippen molar-refractivity contribution in [2.45, 2.75) is 6.92 Å². The van der Waals surface area contributed by atoms with Gasteiger partial charge in [-0.2, -0.15) is 4.98 Å². The third kappa shape index (κ3) is 2.16. The van der Waals surface area contributed by atoms with Gasteiger partial charge in [-0.05, 0) is 6.92 Å². The van der Waals surface area contributed by atoms with Crippen LogP contribution < -0.4 is 4.90 Å². The monoisotopic (exact) mass is 259 g/mol. The molecule has 1 fully saturated rings. The first kappa shape index (κ1) is 11.7. The average Bonchev–Trinajstić information content (AvgIpc) is 2.77. The minimum absolute atomic E-state index is 0.338. The summed E-state index contributed by atoms with van der Waals surface area (Å²) in [5, 5.41) is 12.7. The van der Waals surface area contributed by atoms with Gasteiger partial charge in [-0.25, -0.2) is 0 Å². The zero-order valence-electron chi connectivity index (χ0n) is 10.4. The molecule has 6 heteroatoms. The summed E-state index contributed by atoms with van der Waals surface area (Å²) in [6.07, 6.45) is 0. The van der Waals surface area contributed by atoms with Crippen molar-refractivity contribution < 1.29 is 14.4 Å². The van der Waals surface area contributed by atoms with Crippen molar-refractivity contribution >= 4 is 12.0 Å². The molecule has 6 nitrogen and oxygen atoms in total. The van der Waals surface area contributed by atoms with Crippen LogP contribution in [-0.4, -0.2) is 34.3 Å².